The predicted octanol–water partition coefficient (Wildman–Crippen LogP) is 5.17. The number of likely N-dealkylation sites (tertiary alicyclic amines) is 1. The second-order valence-corrected chi connectivity index (χ2v) is 12.1. The molecule has 3 aliphatic heterocycles. The average Bonchev–Trinajstić information content (AvgIpc) is 3.61. The van der Waals surface area contributed by atoms with Crippen LogP contribution in [0.5, 0.6) is 0 Å². The SMILES string of the molecule is CC(C)(C)OC(=O)N1C2CCC1CN(c1nc3c(C(=O)N4CCCCC4)ccc(-c4nccs4)c3o1)C2. The van der Waals surface area contributed by atoms with Gasteiger partial charge < -0.3 is 19.0 Å². The summed E-state index contributed by atoms with van der Waals surface area (Å²) < 4.78 is 12.1. The van der Waals surface area contributed by atoms with E-state index >= 15 is 0 Å². The predicted molar refractivity (Wildman–Crippen MR) is 142 cm³/mol. The molecule has 3 saturated heterocycles. The Labute approximate surface area is 220 Å². The lowest BCUT2D eigenvalue weighted by Gasteiger charge is -2.40. The summed E-state index contributed by atoms with van der Waals surface area (Å²) in [6.07, 6.45) is 6.57. The Morgan fingerprint density at radius 1 is 1.08 bits per heavy atom. The minimum atomic E-state index is -0.530. The van der Waals surface area contributed by atoms with Crippen LogP contribution in [0.25, 0.3) is 21.7 Å². The number of hydrogen-bond acceptors (Lipinski definition) is 8. The molecule has 0 spiro atoms. The number of anilines is 1. The molecule has 0 aliphatic carbocycles. The molecule has 0 saturated carbocycles. The van der Waals surface area contributed by atoms with Crippen LogP contribution < -0.4 is 4.90 Å². The number of piperazine rings is 1. The standard InChI is InChI=1S/C27H33N5O4S/c1-27(2,3)36-26(34)32-17-7-8-18(32)16-31(15-17)25-29-21-19(24(33)30-12-5-4-6-13-30)9-10-20(22(21)35-25)23-28-11-14-37-23/h9-11,14,17-18H,4-8,12-13,15-16H2,1-3H3. The Hall–Kier alpha value is -3.14. The fourth-order valence-electron chi connectivity index (χ4n) is 5.77. The molecule has 10 heteroatoms. The first kappa shape index (κ1) is 24.2. The van der Waals surface area contributed by atoms with Gasteiger partial charge in [-0.15, -0.1) is 11.3 Å². The molecule has 2 aromatic heterocycles. The zero-order valence-corrected chi connectivity index (χ0v) is 22.4. The number of oxazole rings is 1. The molecule has 2 unspecified atom stereocenters. The van der Waals surface area contributed by atoms with Crippen LogP contribution in [-0.4, -0.2) is 75.6 Å². The fraction of sp³-hybridized carbons (Fsp3) is 0.556. The van der Waals surface area contributed by atoms with Crippen LogP contribution in [0, 0.1) is 0 Å². The van der Waals surface area contributed by atoms with Gasteiger partial charge in [0.05, 0.1) is 23.2 Å². The third-order valence-corrected chi connectivity index (χ3v) is 8.23. The van der Waals surface area contributed by atoms with Crippen molar-refractivity contribution >= 4 is 40.5 Å². The van der Waals surface area contributed by atoms with Gasteiger partial charge in [0.25, 0.3) is 11.9 Å². The normalized spacial score (nSPS) is 22.1. The maximum Gasteiger partial charge on any atom is 0.410 e. The first-order valence-electron chi connectivity index (χ1n) is 13.2. The molecule has 0 radical (unpaired) electrons. The molecule has 2 amide bonds. The van der Waals surface area contributed by atoms with E-state index in [1.807, 2.05) is 48.1 Å². The monoisotopic (exact) mass is 523 g/mol. The van der Waals surface area contributed by atoms with E-state index in [-0.39, 0.29) is 24.1 Å². The highest BCUT2D eigenvalue weighted by molar-refractivity contribution is 7.13. The minimum absolute atomic E-state index is 0.00468. The number of fused-ring (bicyclic) bond motifs is 3. The highest BCUT2D eigenvalue weighted by Crippen LogP contribution is 2.38. The van der Waals surface area contributed by atoms with Crippen LogP contribution in [0.2, 0.25) is 0 Å². The molecular weight excluding hydrogens is 490 g/mol. The van der Waals surface area contributed by atoms with E-state index in [2.05, 4.69) is 9.88 Å². The van der Waals surface area contributed by atoms with Crippen molar-refractivity contribution in [2.45, 2.75) is 70.6 Å². The van der Waals surface area contributed by atoms with Crippen molar-refractivity contribution in [2.75, 3.05) is 31.1 Å². The highest BCUT2D eigenvalue weighted by atomic mass is 32.1. The highest BCUT2D eigenvalue weighted by Gasteiger charge is 2.45. The number of ether oxygens (including phenoxy) is 1. The van der Waals surface area contributed by atoms with E-state index in [4.69, 9.17) is 14.1 Å². The van der Waals surface area contributed by atoms with Crippen LogP contribution in [0.1, 0.15) is 63.2 Å². The van der Waals surface area contributed by atoms with Gasteiger partial charge in [0.15, 0.2) is 5.58 Å². The van der Waals surface area contributed by atoms with E-state index in [9.17, 15) is 9.59 Å². The average molecular weight is 524 g/mol. The Morgan fingerprint density at radius 2 is 1.81 bits per heavy atom. The number of piperidine rings is 1. The van der Waals surface area contributed by atoms with E-state index in [0.29, 0.717) is 35.8 Å². The van der Waals surface area contributed by atoms with Gasteiger partial charge in [-0.25, -0.2) is 9.78 Å². The van der Waals surface area contributed by atoms with E-state index < -0.39 is 5.60 Å². The van der Waals surface area contributed by atoms with Gasteiger partial charge in [0.2, 0.25) is 0 Å². The van der Waals surface area contributed by atoms with E-state index in [1.165, 1.54) is 11.3 Å². The number of aromatic nitrogens is 2. The maximum absolute atomic E-state index is 13.5. The van der Waals surface area contributed by atoms with Crippen LogP contribution in [0.4, 0.5) is 10.8 Å². The Morgan fingerprint density at radius 3 is 2.46 bits per heavy atom. The quantitative estimate of drug-likeness (QED) is 0.468. The molecule has 3 aliphatic rings. The third kappa shape index (κ3) is 4.56. The molecule has 2 atom stereocenters. The summed E-state index contributed by atoms with van der Waals surface area (Å²) in [6.45, 7) is 8.46. The van der Waals surface area contributed by atoms with Crippen molar-refractivity contribution in [2.24, 2.45) is 0 Å². The largest absolute Gasteiger partial charge is 0.444 e. The Bertz CT molecular complexity index is 1290. The van der Waals surface area contributed by atoms with Crippen LogP contribution in [-0.2, 0) is 4.74 Å². The third-order valence-electron chi connectivity index (χ3n) is 7.43. The molecule has 37 heavy (non-hydrogen) atoms. The fourth-order valence-corrected chi connectivity index (χ4v) is 6.43. The molecule has 5 heterocycles. The van der Waals surface area contributed by atoms with Crippen molar-refractivity contribution in [1.29, 1.82) is 0 Å². The summed E-state index contributed by atoms with van der Waals surface area (Å²) in [5.41, 5.74) is 2.06. The van der Waals surface area contributed by atoms with Gasteiger partial charge in [-0.2, -0.15) is 4.98 Å². The molecule has 3 aromatic rings. The lowest BCUT2D eigenvalue weighted by molar-refractivity contribution is 0.0120. The van der Waals surface area contributed by atoms with Crippen molar-refractivity contribution in [3.05, 3.63) is 29.3 Å². The molecule has 1 aromatic carbocycles. The number of thiazole rings is 1. The summed E-state index contributed by atoms with van der Waals surface area (Å²) in [4.78, 5) is 41.7. The topological polar surface area (TPSA) is 92.0 Å². The van der Waals surface area contributed by atoms with Gasteiger partial charge >= 0.3 is 6.09 Å². The molecular formula is C27H33N5O4S. The van der Waals surface area contributed by atoms with Gasteiger partial charge in [0.1, 0.15) is 16.1 Å². The number of carbonyl (C=O) groups excluding carboxylic acids is 2. The zero-order valence-electron chi connectivity index (χ0n) is 21.6. The summed E-state index contributed by atoms with van der Waals surface area (Å²) in [7, 11) is 0. The van der Waals surface area contributed by atoms with Crippen molar-refractivity contribution in [1.82, 2.24) is 19.8 Å². The molecule has 0 N–H and O–H groups in total. The number of nitrogens with zero attached hydrogens (tertiary/aromatic N) is 5. The lowest BCUT2D eigenvalue weighted by Crippen LogP contribution is -2.56. The second-order valence-electron chi connectivity index (χ2n) is 11.2. The molecule has 9 nitrogen and oxygen atoms in total. The number of hydrogen-bond donors (Lipinski definition) is 0. The molecule has 6 rings (SSSR count). The molecule has 3 fully saturated rings. The smallest absolute Gasteiger partial charge is 0.410 e. The number of carbonyl (C=O) groups is 2. The minimum Gasteiger partial charge on any atom is -0.444 e. The van der Waals surface area contributed by atoms with Gasteiger partial charge in [0, 0.05) is 37.8 Å². The van der Waals surface area contributed by atoms with Crippen LogP contribution in [0.3, 0.4) is 0 Å². The molecule has 196 valence electrons. The van der Waals surface area contributed by atoms with Crippen molar-refractivity contribution in [3.8, 4) is 10.6 Å². The van der Waals surface area contributed by atoms with Gasteiger partial charge in [-0.3, -0.25) is 9.69 Å². The second kappa shape index (κ2) is 9.31. The van der Waals surface area contributed by atoms with Crippen LogP contribution >= 0.6 is 11.3 Å². The van der Waals surface area contributed by atoms with Gasteiger partial charge in [-0.05, 0) is 65.0 Å². The van der Waals surface area contributed by atoms with Gasteiger partial charge in [-0.1, -0.05) is 0 Å². The van der Waals surface area contributed by atoms with E-state index in [1.54, 1.807) is 6.20 Å². The zero-order chi connectivity index (χ0) is 25.7. The summed E-state index contributed by atoms with van der Waals surface area (Å²) in [6, 6.07) is 4.37. The lowest BCUT2D eigenvalue weighted by atomic mass is 10.1. The Kier molecular flexibility index (Phi) is 6.09. The first-order valence-corrected chi connectivity index (χ1v) is 14.1. The Balaban J connectivity index is 1.33. The number of amides is 2. The van der Waals surface area contributed by atoms with Crippen LogP contribution in [0.15, 0.2) is 28.1 Å². The van der Waals surface area contributed by atoms with E-state index in [0.717, 1.165) is 55.8 Å². The number of rotatable bonds is 3. The first-order chi connectivity index (χ1) is 17.8. The van der Waals surface area contributed by atoms with Crippen molar-refractivity contribution < 1.29 is 18.7 Å². The summed E-state index contributed by atoms with van der Waals surface area (Å²) >= 11 is 1.53. The number of benzene rings is 1. The van der Waals surface area contributed by atoms with Crippen molar-refractivity contribution in [3.63, 3.8) is 0 Å². The summed E-state index contributed by atoms with van der Waals surface area (Å²) in [5.74, 6) is 0.00468. The maximum atomic E-state index is 13.5. The summed E-state index contributed by atoms with van der Waals surface area (Å²) in [5, 5.41) is 2.76. The molecule has 2 bridgehead atoms.